The van der Waals surface area contributed by atoms with Crippen molar-refractivity contribution in [1.82, 2.24) is 0 Å². The maximum atomic E-state index is 10.6. The molecule has 18 heavy (non-hydrogen) atoms. The third kappa shape index (κ3) is 1.98. The fourth-order valence-electron chi connectivity index (χ4n) is 3.75. The molecule has 1 N–H and O–H groups in total. The lowest BCUT2D eigenvalue weighted by Crippen LogP contribution is -2.04. The Balaban J connectivity index is 1.85. The van der Waals surface area contributed by atoms with Gasteiger partial charge in [0.2, 0.25) is 0 Å². The average Bonchev–Trinajstić information content (AvgIpc) is 3.07. The van der Waals surface area contributed by atoms with Crippen molar-refractivity contribution in [3.8, 4) is 0 Å². The maximum absolute atomic E-state index is 10.6. The second-order valence-corrected chi connectivity index (χ2v) is 6.50. The van der Waals surface area contributed by atoms with Crippen LogP contribution in [0, 0.1) is 31.6 Å². The van der Waals surface area contributed by atoms with Crippen molar-refractivity contribution in [2.75, 3.05) is 0 Å². The Morgan fingerprint density at radius 2 is 1.67 bits per heavy atom. The van der Waals surface area contributed by atoms with Gasteiger partial charge in [-0.25, -0.2) is 0 Å². The first-order valence-electron chi connectivity index (χ1n) is 7.04. The van der Waals surface area contributed by atoms with Crippen LogP contribution in [0.5, 0.6) is 0 Å². The summed E-state index contributed by atoms with van der Waals surface area (Å²) in [5.41, 5.74) is 3.36. The van der Waals surface area contributed by atoms with Crippen LogP contribution in [-0.4, -0.2) is 5.11 Å². The molecule has 0 spiro atoms. The lowest BCUT2D eigenvalue weighted by atomic mass is 9.98. The Hall–Kier alpha value is -0.530. The number of hydrogen-bond donors (Lipinski definition) is 1. The van der Waals surface area contributed by atoms with Crippen LogP contribution in [0.15, 0.2) is 12.1 Å². The van der Waals surface area contributed by atoms with Gasteiger partial charge in [0.1, 0.15) is 0 Å². The molecule has 2 aliphatic carbocycles. The summed E-state index contributed by atoms with van der Waals surface area (Å²) >= 11 is 6.31. The van der Waals surface area contributed by atoms with Gasteiger partial charge in [0.15, 0.2) is 0 Å². The van der Waals surface area contributed by atoms with E-state index in [9.17, 15) is 5.11 Å². The second kappa shape index (κ2) is 4.54. The molecule has 0 aliphatic heterocycles. The van der Waals surface area contributed by atoms with Crippen molar-refractivity contribution < 1.29 is 5.11 Å². The molecule has 1 aromatic rings. The molecule has 2 aliphatic rings. The van der Waals surface area contributed by atoms with Gasteiger partial charge < -0.3 is 5.11 Å². The minimum absolute atomic E-state index is 0.357. The number of aliphatic hydroxyl groups is 1. The maximum Gasteiger partial charge on any atom is 0.0838 e. The predicted octanol–water partition coefficient (Wildman–Crippen LogP) is 4.43. The van der Waals surface area contributed by atoms with Gasteiger partial charge in [-0.3, -0.25) is 0 Å². The number of rotatable bonds is 2. The summed E-state index contributed by atoms with van der Waals surface area (Å²) in [6.45, 7) is 4.15. The number of aliphatic hydroxyl groups excluding tert-OH is 1. The summed E-state index contributed by atoms with van der Waals surface area (Å²) < 4.78 is 0. The minimum atomic E-state index is -0.357. The first-order valence-corrected chi connectivity index (χ1v) is 7.42. The summed E-state index contributed by atoms with van der Waals surface area (Å²) in [5, 5.41) is 11.3. The number of hydrogen-bond acceptors (Lipinski definition) is 1. The van der Waals surface area contributed by atoms with E-state index in [1.807, 2.05) is 6.07 Å². The van der Waals surface area contributed by atoms with Gasteiger partial charge in [0, 0.05) is 5.02 Å². The van der Waals surface area contributed by atoms with E-state index in [0.29, 0.717) is 5.92 Å². The molecule has 0 saturated heterocycles. The van der Waals surface area contributed by atoms with Crippen LogP contribution >= 0.6 is 11.6 Å². The fourth-order valence-corrected chi connectivity index (χ4v) is 4.08. The molecule has 2 saturated carbocycles. The number of aryl methyl sites for hydroxylation is 2. The summed E-state index contributed by atoms with van der Waals surface area (Å²) in [6.07, 6.45) is 4.92. The summed E-state index contributed by atoms with van der Waals surface area (Å²) in [7, 11) is 0. The van der Waals surface area contributed by atoms with Gasteiger partial charge in [-0.05, 0) is 67.2 Å². The van der Waals surface area contributed by atoms with E-state index in [-0.39, 0.29) is 6.10 Å². The van der Waals surface area contributed by atoms with Crippen molar-refractivity contribution >= 4 is 11.6 Å². The molecule has 1 aromatic carbocycles. The third-order valence-corrected chi connectivity index (χ3v) is 5.35. The highest BCUT2D eigenvalue weighted by molar-refractivity contribution is 6.31. The average molecular weight is 265 g/mol. The van der Waals surface area contributed by atoms with Gasteiger partial charge in [0.25, 0.3) is 0 Å². The molecular formula is C16H21ClO. The Bertz CT molecular complexity index is 456. The first-order chi connectivity index (χ1) is 8.59. The smallest absolute Gasteiger partial charge is 0.0838 e. The van der Waals surface area contributed by atoms with Gasteiger partial charge in [0.05, 0.1) is 6.10 Å². The Labute approximate surface area is 114 Å². The molecule has 0 radical (unpaired) electrons. The number of benzene rings is 1. The van der Waals surface area contributed by atoms with E-state index < -0.39 is 0 Å². The highest BCUT2D eigenvalue weighted by Gasteiger charge is 2.54. The lowest BCUT2D eigenvalue weighted by molar-refractivity contribution is 0.142. The molecule has 0 aromatic heterocycles. The minimum Gasteiger partial charge on any atom is -0.388 e. The van der Waals surface area contributed by atoms with E-state index in [1.165, 1.54) is 36.8 Å². The highest BCUT2D eigenvalue weighted by Crippen LogP contribution is 2.60. The standard InChI is InChI=1S/C16H21ClO/c1-9-7-13(14(17)8-10(9)2)16(18)15-11-5-3-4-6-12(11)15/h7-8,11-12,15-16,18H,3-6H2,1-2H3. The predicted molar refractivity (Wildman–Crippen MR) is 74.8 cm³/mol. The van der Waals surface area contributed by atoms with Crippen LogP contribution in [0.2, 0.25) is 5.02 Å². The molecule has 0 bridgehead atoms. The monoisotopic (exact) mass is 264 g/mol. The molecular weight excluding hydrogens is 244 g/mol. The van der Waals surface area contributed by atoms with Crippen molar-refractivity contribution in [2.45, 2.75) is 45.6 Å². The molecule has 3 unspecified atom stereocenters. The van der Waals surface area contributed by atoms with Gasteiger partial charge in [-0.15, -0.1) is 0 Å². The largest absolute Gasteiger partial charge is 0.388 e. The molecule has 0 amide bonds. The first kappa shape index (κ1) is 12.5. The van der Waals surface area contributed by atoms with Crippen LogP contribution in [0.4, 0.5) is 0 Å². The third-order valence-electron chi connectivity index (χ3n) is 5.02. The SMILES string of the molecule is Cc1cc(Cl)c(C(O)C2C3CCCCC32)cc1C. The summed E-state index contributed by atoms with van der Waals surface area (Å²) in [5.74, 6) is 1.98. The molecule has 1 nitrogen and oxygen atoms in total. The van der Waals surface area contributed by atoms with Gasteiger partial charge in [-0.2, -0.15) is 0 Å². The molecule has 3 rings (SSSR count). The van der Waals surface area contributed by atoms with Crippen LogP contribution in [0.1, 0.15) is 48.5 Å². The zero-order valence-corrected chi connectivity index (χ0v) is 11.9. The van der Waals surface area contributed by atoms with Crippen LogP contribution < -0.4 is 0 Å². The normalized spacial score (nSPS) is 31.9. The number of halogens is 1. The van der Waals surface area contributed by atoms with E-state index in [1.54, 1.807) is 0 Å². The van der Waals surface area contributed by atoms with E-state index in [0.717, 1.165) is 22.4 Å². The molecule has 98 valence electrons. The lowest BCUT2D eigenvalue weighted by Gasteiger charge is -2.15. The topological polar surface area (TPSA) is 20.2 Å². The highest BCUT2D eigenvalue weighted by atomic mass is 35.5. The summed E-state index contributed by atoms with van der Waals surface area (Å²) in [6, 6.07) is 4.06. The van der Waals surface area contributed by atoms with Crippen molar-refractivity contribution in [2.24, 2.45) is 17.8 Å². The molecule has 2 heteroatoms. The van der Waals surface area contributed by atoms with Crippen molar-refractivity contribution in [1.29, 1.82) is 0 Å². The van der Waals surface area contributed by atoms with E-state index in [4.69, 9.17) is 11.6 Å². The van der Waals surface area contributed by atoms with Gasteiger partial charge >= 0.3 is 0 Å². The zero-order valence-electron chi connectivity index (χ0n) is 11.1. The van der Waals surface area contributed by atoms with Crippen molar-refractivity contribution in [3.05, 3.63) is 33.8 Å². The quantitative estimate of drug-likeness (QED) is 0.838. The van der Waals surface area contributed by atoms with E-state index >= 15 is 0 Å². The van der Waals surface area contributed by atoms with Crippen LogP contribution in [-0.2, 0) is 0 Å². The fraction of sp³-hybridized carbons (Fsp3) is 0.625. The van der Waals surface area contributed by atoms with Crippen LogP contribution in [0.25, 0.3) is 0 Å². The Morgan fingerprint density at radius 1 is 1.11 bits per heavy atom. The Kier molecular flexibility index (Phi) is 3.15. The zero-order chi connectivity index (χ0) is 12.9. The Morgan fingerprint density at radius 3 is 2.28 bits per heavy atom. The van der Waals surface area contributed by atoms with E-state index in [2.05, 4.69) is 19.9 Å². The second-order valence-electron chi connectivity index (χ2n) is 6.09. The summed E-state index contributed by atoms with van der Waals surface area (Å²) in [4.78, 5) is 0. The number of fused-ring (bicyclic) bond motifs is 1. The van der Waals surface area contributed by atoms with Crippen molar-refractivity contribution in [3.63, 3.8) is 0 Å². The molecule has 3 atom stereocenters. The van der Waals surface area contributed by atoms with Crippen LogP contribution in [0.3, 0.4) is 0 Å². The van der Waals surface area contributed by atoms with Gasteiger partial charge in [-0.1, -0.05) is 30.5 Å². The molecule has 2 fully saturated rings. The molecule has 0 heterocycles.